The maximum Gasteiger partial charge on any atom is 0.181 e. The molecule has 0 bridgehead atoms. The van der Waals surface area contributed by atoms with Gasteiger partial charge in [-0.2, -0.15) is 5.10 Å². The number of nitrogens with zero attached hydrogens (tertiary/aromatic N) is 3. The Morgan fingerprint density at radius 1 is 1.43 bits per heavy atom. The molecule has 2 rings (SSSR count). The molecule has 0 N–H and O–H groups in total. The lowest BCUT2D eigenvalue weighted by molar-refractivity contribution is 0.0862. The number of Topliss-reactive ketones (excluding diaryl/α,β-unsaturated/α-hetero) is 1. The van der Waals surface area contributed by atoms with Gasteiger partial charge < -0.3 is 0 Å². The van der Waals surface area contributed by atoms with E-state index in [1.807, 2.05) is 32.1 Å². The van der Waals surface area contributed by atoms with Gasteiger partial charge >= 0.3 is 0 Å². The molecule has 0 aliphatic carbocycles. The Morgan fingerprint density at radius 3 is 2.71 bits per heavy atom. The molecule has 1 aromatic heterocycles. The number of benzene rings is 1. The fourth-order valence-corrected chi connectivity index (χ4v) is 2.59. The predicted molar refractivity (Wildman–Crippen MR) is 84.9 cm³/mol. The highest BCUT2D eigenvalue weighted by Crippen LogP contribution is 2.23. The van der Waals surface area contributed by atoms with E-state index in [4.69, 9.17) is 23.2 Å². The molecule has 0 fully saturated rings. The van der Waals surface area contributed by atoms with Gasteiger partial charge in [0.1, 0.15) is 0 Å². The van der Waals surface area contributed by atoms with Crippen molar-refractivity contribution < 1.29 is 4.79 Å². The number of ketones is 1. The van der Waals surface area contributed by atoms with Gasteiger partial charge in [0.15, 0.2) is 5.78 Å². The van der Waals surface area contributed by atoms with E-state index in [1.54, 1.807) is 29.1 Å². The summed E-state index contributed by atoms with van der Waals surface area (Å²) in [6.07, 6.45) is 3.73. The van der Waals surface area contributed by atoms with Crippen molar-refractivity contribution in [2.24, 2.45) is 7.05 Å². The summed E-state index contributed by atoms with van der Waals surface area (Å²) < 4.78 is 1.74. The molecule has 21 heavy (non-hydrogen) atoms. The third-order valence-corrected chi connectivity index (χ3v) is 3.98. The Morgan fingerprint density at radius 2 is 2.14 bits per heavy atom. The van der Waals surface area contributed by atoms with Crippen LogP contribution in [0.2, 0.25) is 10.0 Å². The molecule has 1 atom stereocenters. The normalized spacial score (nSPS) is 12.7. The van der Waals surface area contributed by atoms with Gasteiger partial charge in [0.05, 0.1) is 17.3 Å². The molecule has 0 aliphatic heterocycles. The summed E-state index contributed by atoms with van der Waals surface area (Å²) in [5.74, 6) is -0.0249. The van der Waals surface area contributed by atoms with Crippen LogP contribution in [0.3, 0.4) is 0 Å². The van der Waals surface area contributed by atoms with Crippen molar-refractivity contribution in [1.29, 1.82) is 0 Å². The van der Waals surface area contributed by atoms with Gasteiger partial charge in [0.25, 0.3) is 0 Å². The zero-order valence-corrected chi connectivity index (χ0v) is 13.7. The van der Waals surface area contributed by atoms with E-state index in [-0.39, 0.29) is 11.8 Å². The first kappa shape index (κ1) is 16.0. The van der Waals surface area contributed by atoms with Crippen LogP contribution in [0.25, 0.3) is 0 Å². The minimum Gasteiger partial charge on any atom is -0.292 e. The zero-order valence-electron chi connectivity index (χ0n) is 12.2. The highest BCUT2D eigenvalue weighted by Gasteiger charge is 2.22. The van der Waals surface area contributed by atoms with E-state index in [2.05, 4.69) is 5.10 Å². The lowest BCUT2D eigenvalue weighted by atomic mass is 10.0. The van der Waals surface area contributed by atoms with Crippen molar-refractivity contribution in [3.8, 4) is 0 Å². The van der Waals surface area contributed by atoms with E-state index in [9.17, 15) is 4.79 Å². The molecule has 0 aliphatic rings. The van der Waals surface area contributed by atoms with Crippen LogP contribution in [0.4, 0.5) is 0 Å². The molecule has 1 unspecified atom stereocenters. The third-order valence-electron chi connectivity index (χ3n) is 3.43. The number of carbonyl (C=O) groups excluding carboxylic acids is 1. The Balaban J connectivity index is 2.11. The first-order valence-corrected chi connectivity index (χ1v) is 7.31. The van der Waals surface area contributed by atoms with Crippen molar-refractivity contribution in [2.45, 2.75) is 19.5 Å². The Hall–Kier alpha value is -1.36. The van der Waals surface area contributed by atoms with Crippen molar-refractivity contribution in [3.63, 3.8) is 0 Å². The van der Waals surface area contributed by atoms with Crippen LogP contribution in [-0.2, 0) is 13.6 Å². The van der Waals surface area contributed by atoms with Gasteiger partial charge in [-0.15, -0.1) is 0 Å². The number of aryl methyl sites for hydroxylation is 1. The monoisotopic (exact) mass is 325 g/mol. The first-order valence-electron chi connectivity index (χ1n) is 6.55. The highest BCUT2D eigenvalue weighted by molar-refractivity contribution is 6.37. The smallest absolute Gasteiger partial charge is 0.181 e. The number of rotatable bonds is 5. The van der Waals surface area contributed by atoms with Crippen molar-refractivity contribution in [2.75, 3.05) is 7.05 Å². The number of likely N-dealkylation sites (N-methyl/N-ethyl adjacent to an activating group) is 1. The van der Waals surface area contributed by atoms with Gasteiger partial charge in [-0.3, -0.25) is 14.4 Å². The number of carbonyl (C=O) groups is 1. The highest BCUT2D eigenvalue weighted by atomic mass is 35.5. The lowest BCUT2D eigenvalue weighted by Gasteiger charge is -2.23. The van der Waals surface area contributed by atoms with Crippen LogP contribution in [-0.4, -0.2) is 33.6 Å². The van der Waals surface area contributed by atoms with Gasteiger partial charge in [0, 0.05) is 35.9 Å². The summed E-state index contributed by atoms with van der Waals surface area (Å²) in [6.45, 7) is 2.51. The average Bonchev–Trinajstić information content (AvgIpc) is 2.82. The van der Waals surface area contributed by atoms with Crippen molar-refractivity contribution >= 4 is 29.0 Å². The molecule has 0 amide bonds. The third kappa shape index (κ3) is 3.84. The summed E-state index contributed by atoms with van der Waals surface area (Å²) >= 11 is 12.0. The SMILES string of the molecule is CC(C(=O)c1ccc(Cl)cc1Cl)N(C)Cc1cnn(C)c1. The maximum absolute atomic E-state index is 12.5. The topological polar surface area (TPSA) is 38.1 Å². The summed E-state index contributed by atoms with van der Waals surface area (Å²) in [5.41, 5.74) is 1.55. The van der Waals surface area contributed by atoms with Gasteiger partial charge in [-0.25, -0.2) is 0 Å². The van der Waals surface area contributed by atoms with Crippen molar-refractivity contribution in [1.82, 2.24) is 14.7 Å². The minimum absolute atomic E-state index is 0.0249. The second kappa shape index (κ2) is 6.60. The molecule has 112 valence electrons. The molecule has 0 saturated carbocycles. The molecule has 1 aromatic carbocycles. The molecule has 1 heterocycles. The summed E-state index contributed by atoms with van der Waals surface area (Å²) in [5, 5.41) is 5.03. The fourth-order valence-electron chi connectivity index (χ4n) is 2.09. The van der Waals surface area contributed by atoms with Crippen LogP contribution in [0, 0.1) is 0 Å². The van der Waals surface area contributed by atoms with Crippen LogP contribution in [0.1, 0.15) is 22.8 Å². The van der Waals surface area contributed by atoms with Gasteiger partial charge in [0.2, 0.25) is 0 Å². The van der Waals surface area contributed by atoms with Gasteiger partial charge in [-0.1, -0.05) is 23.2 Å². The molecule has 2 aromatic rings. The average molecular weight is 326 g/mol. The van der Waals surface area contributed by atoms with E-state index >= 15 is 0 Å². The molecular formula is C15H17Cl2N3O. The molecule has 0 saturated heterocycles. The van der Waals surface area contributed by atoms with Crippen LogP contribution >= 0.6 is 23.2 Å². The molecule has 0 spiro atoms. The Labute approximate surface area is 134 Å². The molecule has 0 radical (unpaired) electrons. The number of hydrogen-bond donors (Lipinski definition) is 0. The summed E-state index contributed by atoms with van der Waals surface area (Å²) in [4.78, 5) is 14.5. The number of aromatic nitrogens is 2. The Bertz CT molecular complexity index is 654. The number of hydrogen-bond acceptors (Lipinski definition) is 3. The molecule has 4 nitrogen and oxygen atoms in total. The summed E-state index contributed by atoms with van der Waals surface area (Å²) in [7, 11) is 3.77. The fraction of sp³-hybridized carbons (Fsp3) is 0.333. The van der Waals surface area contributed by atoms with Gasteiger partial charge in [-0.05, 0) is 32.2 Å². The lowest BCUT2D eigenvalue weighted by Crippen LogP contribution is -2.35. The minimum atomic E-state index is -0.288. The Kier molecular flexibility index (Phi) is 5.04. The standard InChI is InChI=1S/C15H17Cl2N3O/c1-10(19(2)8-11-7-18-20(3)9-11)15(21)13-5-4-12(16)6-14(13)17/h4-7,9-10H,8H2,1-3H3. The predicted octanol–water partition coefficient (Wildman–Crippen LogP) is 3.43. The first-order chi connectivity index (χ1) is 9.88. The molecule has 6 heteroatoms. The van der Waals surface area contributed by atoms with E-state index in [1.165, 1.54) is 0 Å². The van der Waals surface area contributed by atoms with E-state index in [0.717, 1.165) is 5.56 Å². The van der Waals surface area contributed by atoms with E-state index in [0.29, 0.717) is 22.2 Å². The maximum atomic E-state index is 12.5. The second-order valence-electron chi connectivity index (χ2n) is 5.10. The largest absolute Gasteiger partial charge is 0.292 e. The molecular weight excluding hydrogens is 309 g/mol. The zero-order chi connectivity index (χ0) is 15.6. The second-order valence-corrected chi connectivity index (χ2v) is 5.95. The van der Waals surface area contributed by atoms with Crippen molar-refractivity contribution in [3.05, 3.63) is 51.8 Å². The summed E-state index contributed by atoms with van der Waals surface area (Å²) in [6, 6.07) is 4.64. The number of halogens is 2. The van der Waals surface area contributed by atoms with Crippen LogP contribution in [0.5, 0.6) is 0 Å². The van der Waals surface area contributed by atoms with Crippen LogP contribution in [0.15, 0.2) is 30.6 Å². The van der Waals surface area contributed by atoms with Crippen LogP contribution < -0.4 is 0 Å². The quantitative estimate of drug-likeness (QED) is 0.790. The van der Waals surface area contributed by atoms with E-state index < -0.39 is 0 Å².